The minimum Gasteiger partial charge on any atom is -0.480 e. The Kier molecular flexibility index (Phi) is 4.45. The molecular formula is C16H19N5O3. The van der Waals surface area contributed by atoms with Gasteiger partial charge >= 0.3 is 5.97 Å². The highest BCUT2D eigenvalue weighted by molar-refractivity contribution is 5.94. The molecule has 0 unspecified atom stereocenters. The average molecular weight is 329 g/mol. The first kappa shape index (κ1) is 16.0. The number of hydrogen-bond donors (Lipinski definition) is 2. The van der Waals surface area contributed by atoms with E-state index in [0.29, 0.717) is 24.5 Å². The standard InChI is InChI=1S/C16H19N5O3/c17-14-4-3-11(8-18-14)16(24)20-7-1-2-12(9-20)13-5-6-19-21(13)10-15(22)23/h3-6,8,12H,1-2,7,9-10H2,(H2,17,18)(H,22,23)/t12-/m1/s1. The summed E-state index contributed by atoms with van der Waals surface area (Å²) in [6, 6.07) is 5.10. The topological polar surface area (TPSA) is 114 Å². The van der Waals surface area contributed by atoms with Gasteiger partial charge in [-0.1, -0.05) is 0 Å². The molecule has 1 atom stereocenters. The molecule has 3 rings (SSSR count). The number of aliphatic carboxylic acids is 1. The van der Waals surface area contributed by atoms with Gasteiger partial charge in [-0.2, -0.15) is 5.10 Å². The molecule has 0 saturated carbocycles. The van der Waals surface area contributed by atoms with Gasteiger partial charge < -0.3 is 15.7 Å². The zero-order chi connectivity index (χ0) is 17.1. The molecule has 1 fully saturated rings. The van der Waals surface area contributed by atoms with Gasteiger partial charge in [0.1, 0.15) is 12.4 Å². The predicted molar refractivity (Wildman–Crippen MR) is 86.4 cm³/mol. The molecule has 8 heteroatoms. The molecule has 0 spiro atoms. The summed E-state index contributed by atoms with van der Waals surface area (Å²) in [5.41, 5.74) is 6.91. The van der Waals surface area contributed by atoms with E-state index < -0.39 is 5.97 Å². The summed E-state index contributed by atoms with van der Waals surface area (Å²) in [4.78, 5) is 29.3. The summed E-state index contributed by atoms with van der Waals surface area (Å²) >= 11 is 0. The van der Waals surface area contributed by atoms with Crippen LogP contribution >= 0.6 is 0 Å². The maximum Gasteiger partial charge on any atom is 0.325 e. The molecule has 126 valence electrons. The van der Waals surface area contributed by atoms with Crippen LogP contribution in [0.2, 0.25) is 0 Å². The molecule has 8 nitrogen and oxygen atoms in total. The molecule has 2 aromatic rings. The highest BCUT2D eigenvalue weighted by Gasteiger charge is 2.27. The maximum absolute atomic E-state index is 12.6. The van der Waals surface area contributed by atoms with Crippen molar-refractivity contribution in [1.82, 2.24) is 19.7 Å². The van der Waals surface area contributed by atoms with E-state index in [1.807, 2.05) is 6.07 Å². The smallest absolute Gasteiger partial charge is 0.325 e. The number of aromatic nitrogens is 3. The van der Waals surface area contributed by atoms with Gasteiger partial charge in [-0.3, -0.25) is 14.3 Å². The average Bonchev–Trinajstić information content (AvgIpc) is 3.02. The fourth-order valence-corrected chi connectivity index (χ4v) is 3.07. The van der Waals surface area contributed by atoms with Crippen LogP contribution in [0.3, 0.4) is 0 Å². The van der Waals surface area contributed by atoms with Crippen LogP contribution in [0.1, 0.15) is 34.8 Å². The van der Waals surface area contributed by atoms with Gasteiger partial charge in [-0.05, 0) is 31.0 Å². The zero-order valence-corrected chi connectivity index (χ0v) is 13.1. The van der Waals surface area contributed by atoms with Crippen LogP contribution in [0.5, 0.6) is 0 Å². The lowest BCUT2D eigenvalue weighted by molar-refractivity contribution is -0.137. The van der Waals surface area contributed by atoms with E-state index in [4.69, 9.17) is 10.8 Å². The molecule has 0 radical (unpaired) electrons. The fourth-order valence-electron chi connectivity index (χ4n) is 3.07. The SMILES string of the molecule is Nc1ccc(C(=O)N2CCC[C@@H](c3ccnn3CC(=O)O)C2)cn1. The van der Waals surface area contributed by atoms with E-state index in [0.717, 1.165) is 18.5 Å². The number of rotatable bonds is 4. The van der Waals surface area contributed by atoms with Crippen LogP contribution < -0.4 is 5.73 Å². The number of likely N-dealkylation sites (tertiary alicyclic amines) is 1. The molecule has 0 bridgehead atoms. The summed E-state index contributed by atoms with van der Waals surface area (Å²) in [6.45, 7) is 1.04. The lowest BCUT2D eigenvalue weighted by Crippen LogP contribution is -2.39. The largest absolute Gasteiger partial charge is 0.480 e. The number of carboxylic acids is 1. The van der Waals surface area contributed by atoms with Crippen LogP contribution in [0.4, 0.5) is 5.82 Å². The second-order valence-corrected chi connectivity index (χ2v) is 5.87. The molecule has 1 aliphatic rings. The summed E-state index contributed by atoms with van der Waals surface area (Å²) < 4.78 is 1.49. The quantitative estimate of drug-likeness (QED) is 0.863. The van der Waals surface area contributed by atoms with Gasteiger partial charge in [0.25, 0.3) is 5.91 Å². The van der Waals surface area contributed by atoms with Crippen LogP contribution in [-0.2, 0) is 11.3 Å². The second-order valence-electron chi connectivity index (χ2n) is 5.87. The maximum atomic E-state index is 12.6. The number of pyridine rings is 1. The van der Waals surface area contributed by atoms with Crippen molar-refractivity contribution in [2.75, 3.05) is 18.8 Å². The molecule has 3 N–H and O–H groups in total. The first-order valence-electron chi connectivity index (χ1n) is 7.79. The summed E-state index contributed by atoms with van der Waals surface area (Å²) in [5.74, 6) is -0.569. The Morgan fingerprint density at radius 1 is 1.33 bits per heavy atom. The third-order valence-corrected chi connectivity index (χ3v) is 4.19. The third kappa shape index (κ3) is 3.37. The molecule has 24 heavy (non-hydrogen) atoms. The number of carboxylic acid groups (broad SMARTS) is 1. The Bertz CT molecular complexity index is 740. The number of nitrogens with zero attached hydrogens (tertiary/aromatic N) is 4. The lowest BCUT2D eigenvalue weighted by Gasteiger charge is -2.33. The van der Waals surface area contributed by atoms with Crippen LogP contribution in [-0.4, -0.2) is 49.7 Å². The monoisotopic (exact) mass is 329 g/mol. The van der Waals surface area contributed by atoms with E-state index in [1.165, 1.54) is 10.9 Å². The number of nitrogen functional groups attached to an aromatic ring is 1. The van der Waals surface area contributed by atoms with E-state index >= 15 is 0 Å². The number of nitrogens with two attached hydrogens (primary N) is 1. The van der Waals surface area contributed by atoms with Crippen molar-refractivity contribution < 1.29 is 14.7 Å². The molecule has 3 heterocycles. The Morgan fingerprint density at radius 2 is 2.17 bits per heavy atom. The highest BCUT2D eigenvalue weighted by Crippen LogP contribution is 2.27. The number of piperidine rings is 1. The third-order valence-electron chi connectivity index (χ3n) is 4.19. The number of anilines is 1. The summed E-state index contributed by atoms with van der Waals surface area (Å²) in [7, 11) is 0. The molecule has 1 aliphatic heterocycles. The van der Waals surface area contributed by atoms with Crippen LogP contribution in [0.25, 0.3) is 0 Å². The number of carbonyl (C=O) groups is 2. The van der Waals surface area contributed by atoms with Crippen LogP contribution in [0, 0.1) is 0 Å². The normalized spacial score (nSPS) is 17.7. The first-order valence-corrected chi connectivity index (χ1v) is 7.79. The predicted octanol–water partition coefficient (Wildman–Crippen LogP) is 0.965. The Labute approximate surface area is 138 Å². The van der Waals surface area contributed by atoms with Crippen LogP contribution in [0.15, 0.2) is 30.6 Å². The van der Waals surface area contributed by atoms with Crippen molar-refractivity contribution in [3.8, 4) is 0 Å². The molecule has 1 amide bonds. The van der Waals surface area contributed by atoms with Crippen molar-refractivity contribution in [2.24, 2.45) is 0 Å². The van der Waals surface area contributed by atoms with Crippen molar-refractivity contribution in [1.29, 1.82) is 0 Å². The van der Waals surface area contributed by atoms with Gasteiger partial charge in [-0.15, -0.1) is 0 Å². The lowest BCUT2D eigenvalue weighted by atomic mass is 9.94. The van der Waals surface area contributed by atoms with Crippen molar-refractivity contribution >= 4 is 17.7 Å². The van der Waals surface area contributed by atoms with Crippen molar-refractivity contribution in [3.63, 3.8) is 0 Å². The van der Waals surface area contributed by atoms with Gasteiger partial charge in [0.15, 0.2) is 0 Å². The molecular weight excluding hydrogens is 310 g/mol. The van der Waals surface area contributed by atoms with E-state index in [9.17, 15) is 9.59 Å². The highest BCUT2D eigenvalue weighted by atomic mass is 16.4. The minimum absolute atomic E-state index is 0.0753. The molecule has 0 aliphatic carbocycles. The van der Waals surface area contributed by atoms with Gasteiger partial charge in [0, 0.05) is 37.1 Å². The molecule has 2 aromatic heterocycles. The van der Waals surface area contributed by atoms with E-state index in [-0.39, 0.29) is 18.4 Å². The van der Waals surface area contributed by atoms with E-state index in [2.05, 4.69) is 10.1 Å². The Hall–Kier alpha value is -2.90. The molecule has 1 saturated heterocycles. The number of amides is 1. The van der Waals surface area contributed by atoms with Gasteiger partial charge in [-0.25, -0.2) is 4.98 Å². The van der Waals surface area contributed by atoms with E-state index in [1.54, 1.807) is 23.2 Å². The van der Waals surface area contributed by atoms with Crippen molar-refractivity contribution in [2.45, 2.75) is 25.3 Å². The second kappa shape index (κ2) is 6.69. The first-order chi connectivity index (χ1) is 11.5. The molecule has 0 aromatic carbocycles. The number of hydrogen-bond acceptors (Lipinski definition) is 5. The van der Waals surface area contributed by atoms with Gasteiger partial charge in [0.05, 0.1) is 5.56 Å². The Balaban J connectivity index is 1.75. The number of carbonyl (C=O) groups excluding carboxylic acids is 1. The summed E-state index contributed by atoms with van der Waals surface area (Å²) in [6.07, 6.45) is 4.84. The fraction of sp³-hybridized carbons (Fsp3) is 0.375. The Morgan fingerprint density at radius 3 is 2.88 bits per heavy atom. The minimum atomic E-state index is -0.934. The summed E-state index contributed by atoms with van der Waals surface area (Å²) in [5, 5.41) is 13.1. The van der Waals surface area contributed by atoms with Gasteiger partial charge in [0.2, 0.25) is 0 Å². The van der Waals surface area contributed by atoms with Crippen molar-refractivity contribution in [3.05, 3.63) is 41.9 Å². The zero-order valence-electron chi connectivity index (χ0n) is 13.1.